The molecule has 126 valence electrons. The number of aromatic nitrogens is 2. The van der Waals surface area contributed by atoms with Gasteiger partial charge in [0.2, 0.25) is 0 Å². The van der Waals surface area contributed by atoms with E-state index in [1.54, 1.807) is 24.3 Å². The second-order valence-corrected chi connectivity index (χ2v) is 5.79. The minimum atomic E-state index is -0.500. The highest BCUT2D eigenvalue weighted by Crippen LogP contribution is 2.31. The molecular formula is C17H11Cl2FN4O. The number of carbonyl (C=O) groups excluding carboxylic acids is 1. The second kappa shape index (κ2) is 7.46. The summed E-state index contributed by atoms with van der Waals surface area (Å²) >= 11 is 12.1. The van der Waals surface area contributed by atoms with Crippen LogP contribution in [0.15, 0.2) is 54.9 Å². The molecule has 0 aliphatic carbocycles. The van der Waals surface area contributed by atoms with E-state index in [4.69, 9.17) is 23.2 Å². The molecule has 0 aliphatic rings. The van der Waals surface area contributed by atoms with Crippen molar-refractivity contribution in [3.63, 3.8) is 0 Å². The lowest BCUT2D eigenvalue weighted by Gasteiger charge is -2.09. The molecule has 0 radical (unpaired) electrons. The third-order valence-electron chi connectivity index (χ3n) is 3.18. The molecule has 25 heavy (non-hydrogen) atoms. The lowest BCUT2D eigenvalue weighted by molar-refractivity contribution is 0.102. The van der Waals surface area contributed by atoms with E-state index in [9.17, 15) is 9.18 Å². The summed E-state index contributed by atoms with van der Waals surface area (Å²) in [5.41, 5.74) is 0.911. The Kier molecular flexibility index (Phi) is 5.11. The van der Waals surface area contributed by atoms with Crippen LogP contribution in [0.2, 0.25) is 10.0 Å². The maximum atomic E-state index is 13.1. The summed E-state index contributed by atoms with van der Waals surface area (Å²) in [5.74, 6) is -0.571. The van der Waals surface area contributed by atoms with Crippen molar-refractivity contribution >= 4 is 46.3 Å². The molecule has 0 atom stereocenters. The van der Waals surface area contributed by atoms with Gasteiger partial charge in [-0.2, -0.15) is 0 Å². The van der Waals surface area contributed by atoms with Crippen LogP contribution >= 0.6 is 23.2 Å². The molecule has 8 heteroatoms. The number of anilines is 3. The first-order valence-corrected chi connectivity index (χ1v) is 7.88. The molecule has 0 saturated heterocycles. The maximum Gasteiger partial charge on any atom is 0.275 e. The molecule has 1 aromatic heterocycles. The van der Waals surface area contributed by atoms with Gasteiger partial charge in [-0.05, 0) is 30.3 Å². The number of hydrogen-bond donors (Lipinski definition) is 2. The Morgan fingerprint density at radius 3 is 2.36 bits per heavy atom. The van der Waals surface area contributed by atoms with E-state index in [-0.39, 0.29) is 5.69 Å². The highest BCUT2D eigenvalue weighted by Gasteiger charge is 2.11. The third-order valence-corrected chi connectivity index (χ3v) is 3.81. The lowest BCUT2D eigenvalue weighted by Crippen LogP contribution is -2.14. The molecule has 0 unspecified atom stereocenters. The van der Waals surface area contributed by atoms with Gasteiger partial charge in [0.15, 0.2) is 0 Å². The number of hydrogen-bond acceptors (Lipinski definition) is 4. The van der Waals surface area contributed by atoms with Crippen LogP contribution in [-0.2, 0) is 0 Å². The average molecular weight is 377 g/mol. The molecule has 2 N–H and O–H groups in total. The van der Waals surface area contributed by atoms with E-state index in [0.717, 1.165) is 0 Å². The molecule has 1 heterocycles. The Bertz CT molecular complexity index is 899. The molecule has 0 saturated carbocycles. The molecule has 2 aromatic carbocycles. The van der Waals surface area contributed by atoms with Crippen molar-refractivity contribution in [2.45, 2.75) is 0 Å². The van der Waals surface area contributed by atoms with Crippen LogP contribution in [0.5, 0.6) is 0 Å². The Hall–Kier alpha value is -2.70. The van der Waals surface area contributed by atoms with Gasteiger partial charge in [0, 0.05) is 5.69 Å². The highest BCUT2D eigenvalue weighted by molar-refractivity contribution is 6.39. The molecule has 0 spiro atoms. The standard InChI is InChI=1S/C17H11Cl2FN4O/c18-12-5-2-6-13(19)16(12)24-15-9-21-14(8-22-15)17(25)23-11-4-1-3-10(20)7-11/h1-9H,(H,22,24)(H,23,25). The van der Waals surface area contributed by atoms with E-state index in [1.807, 2.05) is 0 Å². The molecule has 3 rings (SSSR count). The zero-order valence-corrected chi connectivity index (χ0v) is 14.1. The summed E-state index contributed by atoms with van der Waals surface area (Å²) in [6.07, 6.45) is 2.67. The van der Waals surface area contributed by atoms with Crippen molar-refractivity contribution in [3.05, 3.63) is 76.4 Å². The summed E-state index contributed by atoms with van der Waals surface area (Å²) in [6, 6.07) is 10.7. The number of amides is 1. The lowest BCUT2D eigenvalue weighted by atomic mass is 10.3. The van der Waals surface area contributed by atoms with Gasteiger partial charge in [0.25, 0.3) is 5.91 Å². The highest BCUT2D eigenvalue weighted by atomic mass is 35.5. The van der Waals surface area contributed by atoms with Crippen LogP contribution in [0, 0.1) is 5.82 Å². The summed E-state index contributed by atoms with van der Waals surface area (Å²) in [7, 11) is 0. The molecule has 0 bridgehead atoms. The zero-order chi connectivity index (χ0) is 17.8. The average Bonchev–Trinajstić information content (AvgIpc) is 2.59. The number of benzene rings is 2. The van der Waals surface area contributed by atoms with Crippen molar-refractivity contribution < 1.29 is 9.18 Å². The zero-order valence-electron chi connectivity index (χ0n) is 12.6. The van der Waals surface area contributed by atoms with Crippen molar-refractivity contribution in [1.29, 1.82) is 0 Å². The first-order chi connectivity index (χ1) is 12.0. The van der Waals surface area contributed by atoms with Crippen LogP contribution in [-0.4, -0.2) is 15.9 Å². The Morgan fingerprint density at radius 2 is 1.72 bits per heavy atom. The van der Waals surface area contributed by atoms with Crippen molar-refractivity contribution in [2.24, 2.45) is 0 Å². The summed E-state index contributed by atoms with van der Waals surface area (Å²) in [4.78, 5) is 20.3. The predicted molar refractivity (Wildman–Crippen MR) is 96.1 cm³/mol. The van der Waals surface area contributed by atoms with Crippen LogP contribution in [0.25, 0.3) is 0 Å². The number of rotatable bonds is 4. The van der Waals surface area contributed by atoms with Gasteiger partial charge in [-0.3, -0.25) is 4.79 Å². The number of nitrogens with one attached hydrogen (secondary N) is 2. The SMILES string of the molecule is O=C(Nc1cccc(F)c1)c1cnc(Nc2c(Cl)cccc2Cl)cn1. The van der Waals surface area contributed by atoms with Crippen LogP contribution < -0.4 is 10.6 Å². The van der Waals surface area contributed by atoms with Crippen LogP contribution in [0.3, 0.4) is 0 Å². The monoisotopic (exact) mass is 376 g/mol. The summed E-state index contributed by atoms with van der Waals surface area (Å²) < 4.78 is 13.1. The fourth-order valence-electron chi connectivity index (χ4n) is 2.02. The van der Waals surface area contributed by atoms with Crippen molar-refractivity contribution in [3.8, 4) is 0 Å². The van der Waals surface area contributed by atoms with Gasteiger partial charge in [-0.1, -0.05) is 35.3 Å². The first-order valence-electron chi connectivity index (χ1n) is 7.13. The number of para-hydroxylation sites is 1. The van der Waals surface area contributed by atoms with E-state index >= 15 is 0 Å². The molecule has 0 aliphatic heterocycles. The van der Waals surface area contributed by atoms with Gasteiger partial charge < -0.3 is 10.6 Å². The Morgan fingerprint density at radius 1 is 1.00 bits per heavy atom. The summed E-state index contributed by atoms with van der Waals surface area (Å²) in [5, 5.41) is 6.35. The molecule has 3 aromatic rings. The topological polar surface area (TPSA) is 66.9 Å². The Labute approximate surface area is 152 Å². The normalized spacial score (nSPS) is 10.4. The molecule has 5 nitrogen and oxygen atoms in total. The van der Waals surface area contributed by atoms with Gasteiger partial charge in [-0.15, -0.1) is 0 Å². The fraction of sp³-hybridized carbons (Fsp3) is 0. The third kappa shape index (κ3) is 4.23. The first kappa shape index (κ1) is 17.1. The van der Waals surface area contributed by atoms with E-state index in [1.165, 1.54) is 30.6 Å². The quantitative estimate of drug-likeness (QED) is 0.678. The van der Waals surface area contributed by atoms with E-state index in [0.29, 0.717) is 27.2 Å². The molecule has 1 amide bonds. The minimum absolute atomic E-state index is 0.0834. The van der Waals surface area contributed by atoms with Gasteiger partial charge in [0.05, 0.1) is 28.1 Å². The molecule has 0 fully saturated rings. The van der Waals surface area contributed by atoms with E-state index in [2.05, 4.69) is 20.6 Å². The van der Waals surface area contributed by atoms with Gasteiger partial charge in [-0.25, -0.2) is 14.4 Å². The Balaban J connectivity index is 1.72. The van der Waals surface area contributed by atoms with Crippen molar-refractivity contribution in [2.75, 3.05) is 10.6 Å². The number of nitrogens with zero attached hydrogens (tertiary/aromatic N) is 2. The number of halogens is 3. The van der Waals surface area contributed by atoms with Crippen molar-refractivity contribution in [1.82, 2.24) is 9.97 Å². The minimum Gasteiger partial charge on any atom is -0.337 e. The molecular weight excluding hydrogens is 366 g/mol. The summed E-state index contributed by atoms with van der Waals surface area (Å²) in [6.45, 7) is 0. The predicted octanol–water partition coefficient (Wildman–Crippen LogP) is 4.92. The van der Waals surface area contributed by atoms with E-state index < -0.39 is 11.7 Å². The largest absolute Gasteiger partial charge is 0.337 e. The van der Waals surface area contributed by atoms with Gasteiger partial charge in [0.1, 0.15) is 17.3 Å². The maximum absolute atomic E-state index is 13.1. The number of carbonyl (C=O) groups is 1. The van der Waals surface area contributed by atoms with Gasteiger partial charge >= 0.3 is 0 Å². The van der Waals surface area contributed by atoms with Crippen LogP contribution in [0.1, 0.15) is 10.5 Å². The second-order valence-electron chi connectivity index (χ2n) is 4.97. The smallest absolute Gasteiger partial charge is 0.275 e. The fourth-order valence-corrected chi connectivity index (χ4v) is 2.51. The van der Waals surface area contributed by atoms with Crippen LogP contribution in [0.4, 0.5) is 21.6 Å².